The van der Waals surface area contributed by atoms with Gasteiger partial charge in [0.25, 0.3) is 11.8 Å². The second-order valence-corrected chi connectivity index (χ2v) is 7.62. The molecule has 0 spiro atoms. The first-order chi connectivity index (χ1) is 14.3. The van der Waals surface area contributed by atoms with Gasteiger partial charge in [0.15, 0.2) is 0 Å². The molecule has 1 aromatic rings. The van der Waals surface area contributed by atoms with Crippen LogP contribution in [0.1, 0.15) is 52.8 Å². The third kappa shape index (κ3) is 3.14. The van der Waals surface area contributed by atoms with Crippen molar-refractivity contribution in [3.63, 3.8) is 0 Å². The maximum Gasteiger partial charge on any atom is 0.334 e. The van der Waals surface area contributed by atoms with Crippen molar-refractivity contribution in [3.8, 4) is 0 Å². The number of urea groups is 1. The highest BCUT2D eigenvalue weighted by Crippen LogP contribution is 2.27. The number of hydrogen-bond donors (Lipinski definition) is 1. The summed E-state index contributed by atoms with van der Waals surface area (Å²) >= 11 is 0. The Kier molecular flexibility index (Phi) is 4.84. The summed E-state index contributed by atoms with van der Waals surface area (Å²) in [5.41, 5.74) is 0.635. The molecule has 0 aromatic heterocycles. The number of rotatable bonds is 4. The van der Waals surface area contributed by atoms with Crippen LogP contribution in [-0.4, -0.2) is 69.9 Å². The van der Waals surface area contributed by atoms with Crippen molar-refractivity contribution in [2.24, 2.45) is 0 Å². The summed E-state index contributed by atoms with van der Waals surface area (Å²) in [5.74, 6) is -3.52. The number of nitrogens with one attached hydrogen (secondary N) is 1. The Labute approximate surface area is 171 Å². The normalized spacial score (nSPS) is 19.8. The lowest BCUT2D eigenvalue weighted by Crippen LogP contribution is -2.43. The summed E-state index contributed by atoms with van der Waals surface area (Å²) in [6.07, 6.45) is 4.09. The highest BCUT2D eigenvalue weighted by atomic mass is 16.2. The topological polar surface area (TPSA) is 124 Å². The van der Waals surface area contributed by atoms with E-state index >= 15 is 0 Å². The number of amides is 7. The average Bonchev–Trinajstić information content (AvgIpc) is 3.08. The van der Waals surface area contributed by atoms with Gasteiger partial charge in [-0.1, -0.05) is 19.3 Å². The van der Waals surface area contributed by atoms with Crippen molar-refractivity contribution in [2.75, 3.05) is 18.9 Å². The van der Waals surface area contributed by atoms with Gasteiger partial charge in [0.05, 0.1) is 11.1 Å². The lowest BCUT2D eigenvalue weighted by molar-refractivity contribution is -0.144. The quantitative estimate of drug-likeness (QED) is 0.447. The Morgan fingerprint density at radius 3 is 2.30 bits per heavy atom. The summed E-state index contributed by atoms with van der Waals surface area (Å²) in [4.78, 5) is 76.2. The second-order valence-electron chi connectivity index (χ2n) is 7.62. The zero-order chi connectivity index (χ0) is 21.6. The zero-order valence-corrected chi connectivity index (χ0v) is 16.3. The van der Waals surface area contributed by atoms with E-state index in [-0.39, 0.29) is 22.9 Å². The monoisotopic (exact) mass is 412 g/mol. The van der Waals surface area contributed by atoms with Gasteiger partial charge < -0.3 is 5.32 Å². The van der Waals surface area contributed by atoms with E-state index in [0.717, 1.165) is 29.1 Å². The first-order valence-corrected chi connectivity index (χ1v) is 9.75. The smallest absolute Gasteiger partial charge is 0.325 e. The van der Waals surface area contributed by atoms with E-state index in [1.165, 1.54) is 25.2 Å². The van der Waals surface area contributed by atoms with Crippen molar-refractivity contribution in [3.05, 3.63) is 29.3 Å². The highest BCUT2D eigenvalue weighted by molar-refractivity contribution is 6.45. The molecule has 7 amide bonds. The SMILES string of the molecule is CN1C(=O)c2ccc(NC(=O)CN3C(=O)C(=O)N(C4CCCCC4)C3=O)cc2C1=O. The van der Waals surface area contributed by atoms with Gasteiger partial charge in [-0.2, -0.15) is 0 Å². The Morgan fingerprint density at radius 2 is 1.60 bits per heavy atom. The number of carbonyl (C=O) groups is 6. The number of hydrogen-bond acceptors (Lipinski definition) is 6. The van der Waals surface area contributed by atoms with Crippen LogP contribution < -0.4 is 5.32 Å². The maximum atomic E-state index is 12.6. The molecule has 4 rings (SSSR count). The molecule has 156 valence electrons. The van der Waals surface area contributed by atoms with Crippen LogP contribution in [0.15, 0.2) is 18.2 Å². The van der Waals surface area contributed by atoms with Crippen LogP contribution >= 0.6 is 0 Å². The van der Waals surface area contributed by atoms with E-state index in [1.807, 2.05) is 0 Å². The number of fused-ring (bicyclic) bond motifs is 1. The van der Waals surface area contributed by atoms with Gasteiger partial charge in [0, 0.05) is 18.8 Å². The fourth-order valence-corrected chi connectivity index (χ4v) is 4.11. The number of carbonyl (C=O) groups excluding carboxylic acids is 6. The van der Waals surface area contributed by atoms with Crippen molar-refractivity contribution in [1.29, 1.82) is 0 Å². The maximum absolute atomic E-state index is 12.6. The zero-order valence-electron chi connectivity index (χ0n) is 16.3. The van der Waals surface area contributed by atoms with Gasteiger partial charge >= 0.3 is 17.8 Å². The molecule has 1 aliphatic carbocycles. The number of imide groups is 3. The highest BCUT2D eigenvalue weighted by Gasteiger charge is 2.48. The summed E-state index contributed by atoms with van der Waals surface area (Å²) < 4.78 is 0. The standard InChI is InChI=1S/C20H20N4O6/c1-22-16(26)13-8-7-11(9-14(13)17(22)27)21-15(25)10-23-18(28)19(29)24(20(23)30)12-5-3-2-4-6-12/h7-9,12H,2-6,10H2,1H3,(H,21,25). The van der Waals surface area contributed by atoms with Crippen molar-refractivity contribution < 1.29 is 28.8 Å². The van der Waals surface area contributed by atoms with Gasteiger partial charge in [-0.05, 0) is 31.0 Å². The van der Waals surface area contributed by atoms with Gasteiger partial charge in [-0.3, -0.25) is 33.8 Å². The molecule has 0 atom stereocenters. The van der Waals surface area contributed by atoms with E-state index in [2.05, 4.69) is 5.32 Å². The van der Waals surface area contributed by atoms with E-state index in [0.29, 0.717) is 17.7 Å². The van der Waals surface area contributed by atoms with E-state index in [9.17, 15) is 28.8 Å². The first-order valence-electron chi connectivity index (χ1n) is 9.75. The van der Waals surface area contributed by atoms with Crippen molar-refractivity contribution in [2.45, 2.75) is 38.1 Å². The van der Waals surface area contributed by atoms with E-state index in [4.69, 9.17) is 0 Å². The molecule has 3 aliphatic rings. The molecule has 10 heteroatoms. The lowest BCUT2D eigenvalue weighted by atomic mass is 9.94. The Balaban J connectivity index is 1.45. The minimum atomic E-state index is -1.02. The molecule has 0 unspecified atom stereocenters. The number of nitrogens with zero attached hydrogens (tertiary/aromatic N) is 3. The summed E-state index contributed by atoms with van der Waals surface area (Å²) in [6.45, 7) is -0.615. The molecule has 1 saturated carbocycles. The van der Waals surface area contributed by atoms with Crippen LogP contribution in [0.2, 0.25) is 0 Å². The third-order valence-electron chi connectivity index (χ3n) is 5.70. The van der Waals surface area contributed by atoms with Crippen LogP contribution in [0, 0.1) is 0 Å². The van der Waals surface area contributed by atoms with Crippen LogP contribution in [0.3, 0.4) is 0 Å². The van der Waals surface area contributed by atoms with E-state index in [1.54, 1.807) is 0 Å². The van der Waals surface area contributed by atoms with Crippen LogP contribution in [-0.2, 0) is 14.4 Å². The fraction of sp³-hybridized carbons (Fsp3) is 0.400. The first kappa shape index (κ1) is 19.7. The Bertz CT molecular complexity index is 997. The molecule has 1 aromatic carbocycles. The number of benzene rings is 1. The van der Waals surface area contributed by atoms with Gasteiger partial charge in [-0.25, -0.2) is 9.69 Å². The predicted octanol–water partition coefficient (Wildman–Crippen LogP) is 0.974. The van der Waals surface area contributed by atoms with Crippen molar-refractivity contribution in [1.82, 2.24) is 14.7 Å². The molecular weight excluding hydrogens is 392 g/mol. The summed E-state index contributed by atoms with van der Waals surface area (Å²) in [6, 6.07) is 3.16. The van der Waals surface area contributed by atoms with Gasteiger partial charge in [-0.15, -0.1) is 0 Å². The molecule has 1 saturated heterocycles. The molecule has 2 fully saturated rings. The molecule has 30 heavy (non-hydrogen) atoms. The minimum absolute atomic E-state index is 0.160. The predicted molar refractivity (Wildman–Crippen MR) is 102 cm³/mol. The fourth-order valence-electron chi connectivity index (χ4n) is 4.11. The largest absolute Gasteiger partial charge is 0.334 e. The van der Waals surface area contributed by atoms with Gasteiger partial charge in [0.1, 0.15) is 6.54 Å². The summed E-state index contributed by atoms with van der Waals surface area (Å²) in [5, 5.41) is 2.50. The van der Waals surface area contributed by atoms with Crippen molar-refractivity contribution >= 4 is 41.3 Å². The summed E-state index contributed by atoms with van der Waals surface area (Å²) in [7, 11) is 1.36. The molecule has 2 aliphatic heterocycles. The molecular formula is C20H20N4O6. The van der Waals surface area contributed by atoms with Crippen LogP contribution in [0.4, 0.5) is 10.5 Å². The second kappa shape index (κ2) is 7.36. The Morgan fingerprint density at radius 1 is 0.933 bits per heavy atom. The van der Waals surface area contributed by atoms with E-state index < -0.39 is 42.1 Å². The third-order valence-corrected chi connectivity index (χ3v) is 5.70. The number of anilines is 1. The molecule has 10 nitrogen and oxygen atoms in total. The molecule has 2 heterocycles. The molecule has 0 radical (unpaired) electrons. The average molecular weight is 412 g/mol. The van der Waals surface area contributed by atoms with Gasteiger partial charge in [0.2, 0.25) is 5.91 Å². The Hall–Kier alpha value is -3.56. The lowest BCUT2D eigenvalue weighted by Gasteiger charge is -2.28. The minimum Gasteiger partial charge on any atom is -0.325 e. The molecule has 1 N–H and O–H groups in total. The molecule has 0 bridgehead atoms. The van der Waals surface area contributed by atoms with Crippen LogP contribution in [0.5, 0.6) is 0 Å². The van der Waals surface area contributed by atoms with Crippen LogP contribution in [0.25, 0.3) is 0 Å².